The zero-order valence-corrected chi connectivity index (χ0v) is 12.0. The second-order valence-electron chi connectivity index (χ2n) is 4.16. The van der Waals surface area contributed by atoms with Crippen LogP contribution in [0.3, 0.4) is 0 Å². The number of hydrogen-bond donors (Lipinski definition) is 1. The highest BCUT2D eigenvalue weighted by molar-refractivity contribution is 7.09. The minimum absolute atomic E-state index is 0. The molecule has 102 valence electrons. The third kappa shape index (κ3) is 3.62. The number of hydrogen-bond acceptors (Lipinski definition) is 4. The van der Waals surface area contributed by atoms with Gasteiger partial charge in [0.1, 0.15) is 13.2 Å². The van der Waals surface area contributed by atoms with Crippen LogP contribution in [-0.2, 0) is 13.1 Å². The number of ether oxygens (including phenoxy) is 2. The average Bonchev–Trinajstić information content (AvgIpc) is 2.92. The van der Waals surface area contributed by atoms with Gasteiger partial charge < -0.3 is 27.2 Å². The van der Waals surface area contributed by atoms with Crippen molar-refractivity contribution in [3.63, 3.8) is 0 Å². The maximum Gasteiger partial charge on any atom is 0.161 e. The summed E-state index contributed by atoms with van der Waals surface area (Å²) in [5, 5.41) is 5.52. The van der Waals surface area contributed by atoms with Crippen molar-refractivity contribution in [1.29, 1.82) is 0 Å². The lowest BCUT2D eigenvalue weighted by Gasteiger charge is -2.18. The van der Waals surface area contributed by atoms with E-state index in [1.807, 2.05) is 6.07 Å². The summed E-state index contributed by atoms with van der Waals surface area (Å²) in [6.07, 6.45) is 0. The summed E-state index contributed by atoms with van der Waals surface area (Å²) in [5.74, 6) is 1.71. The first-order valence-electron chi connectivity index (χ1n) is 6.03. The third-order valence-corrected chi connectivity index (χ3v) is 3.69. The Balaban J connectivity index is 0.00000133. The maximum absolute atomic E-state index is 5.57. The van der Waals surface area contributed by atoms with E-state index < -0.39 is 0 Å². The van der Waals surface area contributed by atoms with Crippen molar-refractivity contribution in [2.45, 2.75) is 13.1 Å². The van der Waals surface area contributed by atoms with Gasteiger partial charge in [0.2, 0.25) is 0 Å². The fraction of sp³-hybridized carbons (Fsp3) is 0.286. The van der Waals surface area contributed by atoms with Crippen LogP contribution in [0.25, 0.3) is 0 Å². The summed E-state index contributed by atoms with van der Waals surface area (Å²) in [6.45, 7) is 3.03. The molecule has 3 rings (SSSR count). The molecule has 1 aromatic heterocycles. The molecule has 1 aliphatic heterocycles. The van der Waals surface area contributed by atoms with E-state index >= 15 is 0 Å². The third-order valence-electron chi connectivity index (χ3n) is 2.82. The van der Waals surface area contributed by atoms with Crippen LogP contribution in [-0.4, -0.2) is 13.2 Å². The summed E-state index contributed by atoms with van der Waals surface area (Å²) in [5.41, 5.74) is 1.22. The van der Waals surface area contributed by atoms with Gasteiger partial charge in [-0.1, -0.05) is 12.1 Å². The van der Waals surface area contributed by atoms with Gasteiger partial charge in [-0.2, -0.15) is 0 Å². The normalized spacial score (nSPS) is 12.8. The first-order chi connectivity index (χ1) is 8.92. The van der Waals surface area contributed by atoms with Crippen molar-refractivity contribution in [3.05, 3.63) is 46.2 Å². The smallest absolute Gasteiger partial charge is 0.161 e. The molecule has 2 heterocycles. The lowest BCUT2D eigenvalue weighted by molar-refractivity contribution is -0.00000415. The van der Waals surface area contributed by atoms with Gasteiger partial charge >= 0.3 is 0 Å². The van der Waals surface area contributed by atoms with Crippen molar-refractivity contribution in [1.82, 2.24) is 5.32 Å². The molecule has 0 amide bonds. The lowest BCUT2D eigenvalue weighted by atomic mass is 10.2. The Kier molecular flexibility index (Phi) is 5.07. The first-order valence-corrected chi connectivity index (χ1v) is 6.91. The van der Waals surface area contributed by atoms with Gasteiger partial charge in [-0.3, -0.25) is 0 Å². The topological polar surface area (TPSA) is 30.5 Å². The molecule has 1 aromatic carbocycles. The Morgan fingerprint density at radius 2 is 1.89 bits per heavy atom. The molecule has 0 unspecified atom stereocenters. The van der Waals surface area contributed by atoms with Crippen molar-refractivity contribution >= 4 is 11.3 Å². The number of fused-ring (bicyclic) bond motifs is 1. The molecule has 2 aromatic rings. The molecular formula is C14H15ClNO2S-. The highest BCUT2D eigenvalue weighted by atomic mass is 35.5. The Morgan fingerprint density at radius 1 is 1.05 bits per heavy atom. The molecule has 0 bridgehead atoms. The number of benzene rings is 1. The van der Waals surface area contributed by atoms with Crippen LogP contribution in [0.4, 0.5) is 0 Å². The molecular weight excluding hydrogens is 282 g/mol. The van der Waals surface area contributed by atoms with E-state index in [4.69, 9.17) is 9.47 Å². The van der Waals surface area contributed by atoms with Gasteiger partial charge in [-0.25, -0.2) is 0 Å². The number of thiophene rings is 1. The zero-order valence-electron chi connectivity index (χ0n) is 10.4. The molecule has 1 N–H and O–H groups in total. The van der Waals surface area contributed by atoms with E-state index in [-0.39, 0.29) is 12.4 Å². The van der Waals surface area contributed by atoms with E-state index in [2.05, 4.69) is 35.0 Å². The van der Waals surface area contributed by atoms with Crippen LogP contribution in [0.1, 0.15) is 10.4 Å². The van der Waals surface area contributed by atoms with Gasteiger partial charge in [0.05, 0.1) is 0 Å². The Morgan fingerprint density at radius 3 is 2.68 bits per heavy atom. The molecule has 1 aliphatic rings. The average molecular weight is 297 g/mol. The van der Waals surface area contributed by atoms with Crippen LogP contribution in [0.15, 0.2) is 35.7 Å². The quantitative estimate of drug-likeness (QED) is 0.849. The fourth-order valence-electron chi connectivity index (χ4n) is 1.94. The predicted octanol–water partition coefficient (Wildman–Crippen LogP) is -0.187. The van der Waals surface area contributed by atoms with Crippen LogP contribution < -0.4 is 27.2 Å². The molecule has 0 radical (unpaired) electrons. The highest BCUT2D eigenvalue weighted by Gasteiger charge is 2.11. The largest absolute Gasteiger partial charge is 1.00 e. The van der Waals surface area contributed by atoms with E-state index in [0.717, 1.165) is 24.6 Å². The molecule has 0 saturated heterocycles. The van der Waals surface area contributed by atoms with Gasteiger partial charge in [0.15, 0.2) is 11.5 Å². The minimum Gasteiger partial charge on any atom is -1.00 e. The van der Waals surface area contributed by atoms with Gasteiger partial charge in [0, 0.05) is 18.0 Å². The zero-order chi connectivity index (χ0) is 12.2. The highest BCUT2D eigenvalue weighted by Crippen LogP contribution is 2.30. The molecule has 19 heavy (non-hydrogen) atoms. The van der Waals surface area contributed by atoms with Crippen molar-refractivity contribution in [2.75, 3.05) is 13.2 Å². The van der Waals surface area contributed by atoms with E-state index in [1.54, 1.807) is 11.3 Å². The summed E-state index contributed by atoms with van der Waals surface area (Å²) in [7, 11) is 0. The molecule has 0 spiro atoms. The SMILES string of the molecule is [Cl-].c1csc(CNCc2ccc3c(c2)OCCO3)c1. The standard InChI is InChI=1S/C14H15NO2S.ClH/c1-2-12(18-7-1)10-15-9-11-3-4-13-14(8-11)17-6-5-16-13;/h1-4,7-8,15H,5-6,9-10H2;1H/p-1. The Hall–Kier alpha value is -1.23. The summed E-state index contributed by atoms with van der Waals surface area (Å²) >= 11 is 1.77. The second kappa shape index (κ2) is 6.80. The fourth-order valence-corrected chi connectivity index (χ4v) is 2.62. The molecule has 0 atom stereocenters. The van der Waals surface area contributed by atoms with Gasteiger partial charge in [-0.05, 0) is 29.1 Å². The van der Waals surface area contributed by atoms with Gasteiger partial charge in [0.25, 0.3) is 0 Å². The summed E-state index contributed by atoms with van der Waals surface area (Å²) in [4.78, 5) is 1.35. The maximum atomic E-state index is 5.57. The number of halogens is 1. The van der Waals surface area contributed by atoms with Crippen LogP contribution in [0.5, 0.6) is 11.5 Å². The molecule has 5 heteroatoms. The Bertz CT molecular complexity index is 516. The van der Waals surface area contributed by atoms with Crippen molar-refractivity contribution in [3.8, 4) is 11.5 Å². The minimum atomic E-state index is 0. The van der Waals surface area contributed by atoms with Gasteiger partial charge in [-0.15, -0.1) is 11.3 Å². The predicted molar refractivity (Wildman–Crippen MR) is 72.3 cm³/mol. The molecule has 0 aliphatic carbocycles. The Labute approximate surface area is 123 Å². The van der Waals surface area contributed by atoms with Crippen LogP contribution >= 0.6 is 11.3 Å². The van der Waals surface area contributed by atoms with E-state index in [9.17, 15) is 0 Å². The number of nitrogens with one attached hydrogen (secondary N) is 1. The molecule has 0 saturated carbocycles. The van der Waals surface area contributed by atoms with Crippen LogP contribution in [0, 0.1) is 0 Å². The van der Waals surface area contributed by atoms with Crippen LogP contribution in [0.2, 0.25) is 0 Å². The van der Waals surface area contributed by atoms with E-state index in [1.165, 1.54) is 10.4 Å². The summed E-state index contributed by atoms with van der Waals surface area (Å²) in [6, 6.07) is 10.3. The molecule has 0 fully saturated rings. The first kappa shape index (κ1) is 14.2. The summed E-state index contributed by atoms with van der Waals surface area (Å²) < 4.78 is 11.1. The molecule has 3 nitrogen and oxygen atoms in total. The van der Waals surface area contributed by atoms with Crippen molar-refractivity contribution in [2.24, 2.45) is 0 Å². The second-order valence-corrected chi connectivity index (χ2v) is 5.19. The lowest BCUT2D eigenvalue weighted by Crippen LogP contribution is -3.00. The number of rotatable bonds is 4. The van der Waals surface area contributed by atoms with Crippen molar-refractivity contribution < 1.29 is 21.9 Å². The monoisotopic (exact) mass is 296 g/mol. The van der Waals surface area contributed by atoms with E-state index in [0.29, 0.717) is 13.2 Å².